The number of hydrogen-bond acceptors (Lipinski definition) is 5. The lowest BCUT2D eigenvalue weighted by Gasteiger charge is -2.45. The van der Waals surface area contributed by atoms with E-state index in [0.717, 1.165) is 24.8 Å². The molecular weight excluding hydrogens is 362 g/mol. The van der Waals surface area contributed by atoms with E-state index >= 15 is 0 Å². The highest BCUT2D eigenvalue weighted by atomic mass is 35.5. The van der Waals surface area contributed by atoms with E-state index < -0.39 is 17.3 Å². The van der Waals surface area contributed by atoms with Gasteiger partial charge in [0.2, 0.25) is 5.41 Å². The largest absolute Gasteiger partial charge is 0.464 e. The summed E-state index contributed by atoms with van der Waals surface area (Å²) in [6.07, 6.45) is 4.47. The summed E-state index contributed by atoms with van der Waals surface area (Å²) in [4.78, 5) is 13.1. The lowest BCUT2D eigenvalue weighted by atomic mass is 9.56. The minimum Gasteiger partial charge on any atom is -0.464 e. The van der Waals surface area contributed by atoms with Gasteiger partial charge in [-0.3, -0.25) is 0 Å². The summed E-state index contributed by atoms with van der Waals surface area (Å²) < 4.78 is 5.26. The van der Waals surface area contributed by atoms with E-state index in [1.807, 2.05) is 18.2 Å². The molecule has 0 radical (unpaired) electrons. The quantitative estimate of drug-likeness (QED) is 0.798. The van der Waals surface area contributed by atoms with E-state index in [2.05, 4.69) is 12.1 Å². The van der Waals surface area contributed by atoms with Crippen LogP contribution in [0.5, 0.6) is 0 Å². The molecule has 0 saturated heterocycles. The molecule has 1 aromatic carbocycles. The molecule has 0 aromatic heterocycles. The van der Waals surface area contributed by atoms with E-state index in [1.54, 1.807) is 19.1 Å². The maximum Gasteiger partial charge on any atom is 0.333 e. The van der Waals surface area contributed by atoms with Crippen molar-refractivity contribution in [2.75, 3.05) is 6.61 Å². The number of benzene rings is 1. The average molecular weight is 382 g/mol. The van der Waals surface area contributed by atoms with Crippen molar-refractivity contribution in [1.29, 1.82) is 10.5 Å². The van der Waals surface area contributed by atoms with Crippen LogP contribution in [-0.4, -0.2) is 12.6 Å². The Hall–Kier alpha value is -2.76. The number of hydrogen-bond donors (Lipinski definition) is 1. The first-order valence-corrected chi connectivity index (χ1v) is 9.34. The Morgan fingerprint density at radius 3 is 2.78 bits per heavy atom. The van der Waals surface area contributed by atoms with E-state index in [9.17, 15) is 15.3 Å². The lowest BCUT2D eigenvalue weighted by Crippen LogP contribution is -2.49. The van der Waals surface area contributed by atoms with Gasteiger partial charge in [-0.2, -0.15) is 10.5 Å². The number of nitriles is 2. The second-order valence-electron chi connectivity index (χ2n) is 6.74. The average Bonchev–Trinajstić information content (AvgIpc) is 2.68. The summed E-state index contributed by atoms with van der Waals surface area (Å²) in [6.45, 7) is 1.79. The van der Waals surface area contributed by atoms with Gasteiger partial charge in [-0.1, -0.05) is 35.9 Å². The lowest BCUT2D eigenvalue weighted by molar-refractivity contribution is -0.152. The monoisotopic (exact) mass is 381 g/mol. The minimum absolute atomic E-state index is 0.0414. The summed E-state index contributed by atoms with van der Waals surface area (Å²) in [5.41, 5.74) is 6.22. The van der Waals surface area contributed by atoms with Crippen LogP contribution in [0.15, 0.2) is 47.2 Å². The van der Waals surface area contributed by atoms with Crippen molar-refractivity contribution in [3.63, 3.8) is 0 Å². The van der Waals surface area contributed by atoms with E-state index in [1.165, 1.54) is 0 Å². The van der Waals surface area contributed by atoms with Gasteiger partial charge in [0, 0.05) is 10.9 Å². The predicted molar refractivity (Wildman–Crippen MR) is 101 cm³/mol. The van der Waals surface area contributed by atoms with Crippen molar-refractivity contribution < 1.29 is 9.53 Å². The molecule has 3 rings (SSSR count). The topological polar surface area (TPSA) is 99.9 Å². The molecule has 5 nitrogen and oxygen atoms in total. The molecule has 3 atom stereocenters. The molecule has 0 amide bonds. The Labute approximate surface area is 163 Å². The normalized spacial score (nSPS) is 27.0. The van der Waals surface area contributed by atoms with Crippen molar-refractivity contribution in [2.24, 2.45) is 17.1 Å². The first-order valence-electron chi connectivity index (χ1n) is 8.96. The maximum atomic E-state index is 13.1. The Morgan fingerprint density at radius 2 is 2.15 bits per heavy atom. The van der Waals surface area contributed by atoms with Crippen LogP contribution in [-0.2, 0) is 9.53 Å². The third kappa shape index (κ3) is 2.80. The highest BCUT2D eigenvalue weighted by Crippen LogP contribution is 2.57. The zero-order valence-electron chi connectivity index (χ0n) is 15.0. The Bertz CT molecular complexity index is 922. The van der Waals surface area contributed by atoms with Crippen LogP contribution in [0.4, 0.5) is 0 Å². The Balaban J connectivity index is 2.38. The number of ether oxygens (including phenoxy) is 1. The first kappa shape index (κ1) is 19.0. The van der Waals surface area contributed by atoms with E-state index in [0.29, 0.717) is 10.6 Å². The maximum absolute atomic E-state index is 13.1. The molecule has 27 heavy (non-hydrogen) atoms. The molecule has 0 bridgehead atoms. The summed E-state index contributed by atoms with van der Waals surface area (Å²) in [5.74, 6) is -1.55. The molecule has 2 aliphatic carbocycles. The van der Waals surface area contributed by atoms with Crippen LogP contribution in [0, 0.1) is 34.0 Å². The van der Waals surface area contributed by atoms with Crippen molar-refractivity contribution in [3.8, 4) is 12.1 Å². The van der Waals surface area contributed by atoms with Crippen LogP contribution in [0.3, 0.4) is 0 Å². The number of rotatable bonds is 3. The summed E-state index contributed by atoms with van der Waals surface area (Å²) >= 11 is 6.47. The van der Waals surface area contributed by atoms with Crippen molar-refractivity contribution in [3.05, 3.63) is 57.8 Å². The molecule has 0 fully saturated rings. The van der Waals surface area contributed by atoms with Crippen LogP contribution in [0.1, 0.15) is 37.7 Å². The van der Waals surface area contributed by atoms with E-state index in [-0.39, 0.29) is 23.8 Å². The minimum atomic E-state index is -1.79. The van der Waals surface area contributed by atoms with Crippen molar-refractivity contribution in [2.45, 2.75) is 32.1 Å². The van der Waals surface area contributed by atoms with Crippen LogP contribution >= 0.6 is 11.6 Å². The van der Waals surface area contributed by atoms with Gasteiger partial charge in [-0.25, -0.2) is 4.79 Å². The molecular formula is C21H20ClN3O2. The number of fused-ring (bicyclic) bond motifs is 1. The molecule has 6 heteroatoms. The van der Waals surface area contributed by atoms with Gasteiger partial charge in [0.25, 0.3) is 0 Å². The van der Waals surface area contributed by atoms with Gasteiger partial charge in [0.15, 0.2) is 0 Å². The zero-order valence-corrected chi connectivity index (χ0v) is 15.8. The zero-order chi connectivity index (χ0) is 19.6. The van der Waals surface area contributed by atoms with E-state index in [4.69, 9.17) is 22.1 Å². The summed E-state index contributed by atoms with van der Waals surface area (Å²) in [7, 11) is 0. The van der Waals surface area contributed by atoms with Crippen molar-refractivity contribution in [1.82, 2.24) is 0 Å². The van der Waals surface area contributed by atoms with Gasteiger partial charge in [-0.05, 0) is 49.3 Å². The van der Waals surface area contributed by atoms with Crippen LogP contribution in [0.25, 0.3) is 0 Å². The van der Waals surface area contributed by atoms with Gasteiger partial charge in [-0.15, -0.1) is 0 Å². The first-order chi connectivity index (χ1) is 13.0. The van der Waals surface area contributed by atoms with Gasteiger partial charge in [0.05, 0.1) is 23.9 Å². The highest BCUT2D eigenvalue weighted by molar-refractivity contribution is 6.31. The van der Waals surface area contributed by atoms with Crippen LogP contribution in [0.2, 0.25) is 5.02 Å². The highest BCUT2D eigenvalue weighted by Gasteiger charge is 2.59. The van der Waals surface area contributed by atoms with Gasteiger partial charge >= 0.3 is 5.97 Å². The number of carbonyl (C=O) groups excluding carboxylic acids is 1. The number of nitrogens with two attached hydrogens (primary N) is 1. The predicted octanol–water partition coefficient (Wildman–Crippen LogP) is 3.97. The Morgan fingerprint density at radius 1 is 1.41 bits per heavy atom. The molecule has 0 saturated carbocycles. The van der Waals surface area contributed by atoms with Crippen LogP contribution < -0.4 is 5.73 Å². The molecule has 1 aromatic rings. The molecule has 2 aliphatic rings. The summed E-state index contributed by atoms with van der Waals surface area (Å²) in [6, 6.07) is 11.4. The number of carbonyl (C=O) groups is 1. The fraction of sp³-hybridized carbons (Fsp3) is 0.381. The molecule has 0 aliphatic heterocycles. The molecule has 3 unspecified atom stereocenters. The fourth-order valence-corrected chi connectivity index (χ4v) is 4.57. The summed E-state index contributed by atoms with van der Waals surface area (Å²) in [5, 5.41) is 20.4. The molecule has 0 heterocycles. The third-order valence-corrected chi connectivity index (χ3v) is 5.80. The molecule has 138 valence electrons. The second kappa shape index (κ2) is 7.47. The molecule has 0 spiro atoms. The number of nitrogens with zero attached hydrogens (tertiary/aromatic N) is 2. The Kier molecular flexibility index (Phi) is 5.26. The van der Waals surface area contributed by atoms with Crippen molar-refractivity contribution >= 4 is 17.6 Å². The number of allylic oxidation sites excluding steroid dienone is 3. The SMILES string of the molecule is CCOC(=O)C1(C#N)C(N)=C(C#N)C2=CCCCC2C1c1ccccc1Cl. The smallest absolute Gasteiger partial charge is 0.333 e. The second-order valence-corrected chi connectivity index (χ2v) is 7.14. The third-order valence-electron chi connectivity index (χ3n) is 5.46. The fourth-order valence-electron chi connectivity index (χ4n) is 4.32. The molecule has 2 N–H and O–H groups in total. The van der Waals surface area contributed by atoms with Gasteiger partial charge < -0.3 is 10.5 Å². The number of esters is 1. The number of halogens is 1. The van der Waals surface area contributed by atoms with Gasteiger partial charge in [0.1, 0.15) is 6.07 Å². The standard InChI is InChI=1S/C21H20ClN3O2/c1-2-27-20(26)21(12-24)18(15-9-5-6-10-17(15)22)14-8-4-3-7-13(14)16(11-23)19(21)25/h5-7,9-10,14,18H,2-4,8,25H2,1H3.